The lowest BCUT2D eigenvalue weighted by Crippen LogP contribution is -2.17. The van der Waals surface area contributed by atoms with Gasteiger partial charge in [0.1, 0.15) is 18.2 Å². The first kappa shape index (κ1) is 15.8. The van der Waals surface area contributed by atoms with Crippen LogP contribution in [0.4, 0.5) is 4.39 Å². The summed E-state index contributed by atoms with van der Waals surface area (Å²) in [6, 6.07) is 11.9. The summed E-state index contributed by atoms with van der Waals surface area (Å²) in [6.07, 6.45) is 0. The molecule has 0 aliphatic carbocycles. The van der Waals surface area contributed by atoms with E-state index >= 15 is 0 Å². The van der Waals surface area contributed by atoms with Crippen LogP contribution in [0.25, 0.3) is 0 Å². The number of nitrogens with one attached hydrogen (secondary N) is 1. The van der Waals surface area contributed by atoms with Crippen LogP contribution in [0.5, 0.6) is 5.75 Å². The summed E-state index contributed by atoms with van der Waals surface area (Å²) >= 11 is 5.94. The van der Waals surface area contributed by atoms with E-state index in [0.717, 1.165) is 16.9 Å². The van der Waals surface area contributed by atoms with Gasteiger partial charge >= 0.3 is 0 Å². The lowest BCUT2D eigenvalue weighted by Gasteiger charge is -2.09. The molecule has 0 aromatic heterocycles. The molecule has 2 rings (SSSR count). The molecule has 112 valence electrons. The molecule has 0 aliphatic heterocycles. The Morgan fingerprint density at radius 1 is 1.14 bits per heavy atom. The van der Waals surface area contributed by atoms with Crippen molar-refractivity contribution >= 4 is 11.6 Å². The molecule has 0 bridgehead atoms. The molecule has 2 aromatic carbocycles. The van der Waals surface area contributed by atoms with Gasteiger partial charge < -0.3 is 15.2 Å². The number of rotatable bonds is 7. The van der Waals surface area contributed by atoms with Crippen molar-refractivity contribution in [2.45, 2.75) is 13.2 Å². The smallest absolute Gasteiger partial charge is 0.124 e. The molecule has 2 N–H and O–H groups in total. The van der Waals surface area contributed by atoms with Crippen LogP contribution in [-0.2, 0) is 13.2 Å². The van der Waals surface area contributed by atoms with E-state index in [0.29, 0.717) is 24.7 Å². The minimum absolute atomic E-state index is 0.125. The molecule has 21 heavy (non-hydrogen) atoms. The zero-order valence-corrected chi connectivity index (χ0v) is 12.2. The van der Waals surface area contributed by atoms with Gasteiger partial charge in [-0.1, -0.05) is 29.8 Å². The van der Waals surface area contributed by atoms with Crippen molar-refractivity contribution in [1.29, 1.82) is 0 Å². The highest BCUT2D eigenvalue weighted by molar-refractivity contribution is 6.31. The van der Waals surface area contributed by atoms with Crippen LogP contribution in [-0.4, -0.2) is 18.3 Å². The molecule has 0 heterocycles. The summed E-state index contributed by atoms with van der Waals surface area (Å²) in [7, 11) is 0. The highest BCUT2D eigenvalue weighted by atomic mass is 35.5. The molecule has 0 spiro atoms. The van der Waals surface area contributed by atoms with Gasteiger partial charge in [0.2, 0.25) is 0 Å². The van der Waals surface area contributed by atoms with Gasteiger partial charge in [-0.25, -0.2) is 4.39 Å². The number of halogens is 2. The number of hydrogen-bond acceptors (Lipinski definition) is 3. The minimum Gasteiger partial charge on any atom is -0.489 e. The Hall–Kier alpha value is -1.62. The van der Waals surface area contributed by atoms with E-state index in [1.807, 2.05) is 24.3 Å². The van der Waals surface area contributed by atoms with Crippen LogP contribution in [0.1, 0.15) is 11.1 Å². The number of aliphatic hydroxyl groups is 1. The van der Waals surface area contributed by atoms with Crippen molar-refractivity contribution in [2.75, 3.05) is 13.2 Å². The van der Waals surface area contributed by atoms with Gasteiger partial charge in [0.05, 0.1) is 11.6 Å². The van der Waals surface area contributed by atoms with Crippen molar-refractivity contribution < 1.29 is 14.2 Å². The number of hydrogen-bond donors (Lipinski definition) is 2. The predicted molar refractivity (Wildman–Crippen MR) is 81.0 cm³/mol. The maximum atomic E-state index is 12.9. The Bertz CT molecular complexity index is 575. The Kier molecular flexibility index (Phi) is 5.99. The topological polar surface area (TPSA) is 41.5 Å². The van der Waals surface area contributed by atoms with Gasteiger partial charge in [0.25, 0.3) is 0 Å². The number of benzene rings is 2. The van der Waals surface area contributed by atoms with E-state index in [4.69, 9.17) is 21.4 Å². The van der Waals surface area contributed by atoms with Crippen molar-refractivity contribution in [3.63, 3.8) is 0 Å². The molecule has 2 aromatic rings. The number of aliphatic hydroxyl groups excluding tert-OH is 1. The summed E-state index contributed by atoms with van der Waals surface area (Å²) in [6.45, 7) is 1.69. The lowest BCUT2D eigenvalue weighted by atomic mass is 10.2. The highest BCUT2D eigenvalue weighted by Crippen LogP contribution is 2.20. The molecular formula is C16H17ClFNO2. The van der Waals surface area contributed by atoms with Crippen LogP contribution in [0, 0.1) is 5.82 Å². The predicted octanol–water partition coefficient (Wildman–Crippen LogP) is 3.14. The maximum absolute atomic E-state index is 12.9. The zero-order valence-electron chi connectivity index (χ0n) is 11.5. The van der Waals surface area contributed by atoms with Crippen LogP contribution >= 0.6 is 11.6 Å². The first-order valence-corrected chi connectivity index (χ1v) is 7.04. The second-order valence-corrected chi connectivity index (χ2v) is 4.98. The van der Waals surface area contributed by atoms with E-state index < -0.39 is 0 Å². The Morgan fingerprint density at radius 2 is 1.90 bits per heavy atom. The fourth-order valence-corrected chi connectivity index (χ4v) is 2.04. The average molecular weight is 310 g/mol. The molecule has 0 aliphatic rings. The van der Waals surface area contributed by atoms with Crippen molar-refractivity contribution in [2.24, 2.45) is 0 Å². The SMILES string of the molecule is OCCNCc1ccc(OCc2ccc(F)cc2Cl)cc1. The summed E-state index contributed by atoms with van der Waals surface area (Å²) in [4.78, 5) is 0. The van der Waals surface area contributed by atoms with Crippen LogP contribution in [0.2, 0.25) is 5.02 Å². The van der Waals surface area contributed by atoms with Gasteiger partial charge in [-0.15, -0.1) is 0 Å². The summed E-state index contributed by atoms with van der Waals surface area (Å²) in [5, 5.41) is 12.1. The Balaban J connectivity index is 1.88. The molecule has 0 amide bonds. The van der Waals surface area contributed by atoms with Gasteiger partial charge in [-0.05, 0) is 29.8 Å². The fraction of sp³-hybridized carbons (Fsp3) is 0.250. The molecule has 0 fully saturated rings. The van der Waals surface area contributed by atoms with E-state index in [2.05, 4.69) is 5.32 Å². The van der Waals surface area contributed by atoms with Gasteiger partial charge in [0.15, 0.2) is 0 Å². The van der Waals surface area contributed by atoms with Crippen LogP contribution in [0.15, 0.2) is 42.5 Å². The lowest BCUT2D eigenvalue weighted by molar-refractivity contribution is 0.292. The van der Waals surface area contributed by atoms with Crippen LogP contribution < -0.4 is 10.1 Å². The quantitative estimate of drug-likeness (QED) is 0.772. The molecule has 3 nitrogen and oxygen atoms in total. The fourth-order valence-electron chi connectivity index (χ4n) is 1.82. The third-order valence-electron chi connectivity index (χ3n) is 2.95. The maximum Gasteiger partial charge on any atom is 0.124 e. The Morgan fingerprint density at radius 3 is 2.57 bits per heavy atom. The molecule has 0 saturated carbocycles. The molecule has 0 unspecified atom stereocenters. The van der Waals surface area contributed by atoms with Gasteiger partial charge in [-0.2, -0.15) is 0 Å². The molecular weight excluding hydrogens is 293 g/mol. The third kappa shape index (κ3) is 5.01. The van der Waals surface area contributed by atoms with E-state index in [1.165, 1.54) is 12.1 Å². The third-order valence-corrected chi connectivity index (χ3v) is 3.30. The van der Waals surface area contributed by atoms with Gasteiger partial charge in [0, 0.05) is 18.7 Å². The zero-order chi connectivity index (χ0) is 15.1. The first-order chi connectivity index (χ1) is 10.2. The monoisotopic (exact) mass is 309 g/mol. The largest absolute Gasteiger partial charge is 0.489 e. The average Bonchev–Trinajstić information content (AvgIpc) is 2.48. The summed E-state index contributed by atoms with van der Waals surface area (Å²) < 4.78 is 18.6. The molecule has 0 saturated heterocycles. The second-order valence-electron chi connectivity index (χ2n) is 4.57. The first-order valence-electron chi connectivity index (χ1n) is 6.66. The molecule has 0 atom stereocenters. The highest BCUT2D eigenvalue weighted by Gasteiger charge is 2.03. The standard InChI is InChI=1S/C16H17ClFNO2/c17-16-9-14(18)4-3-13(16)11-21-15-5-1-12(2-6-15)10-19-7-8-20/h1-6,9,19-20H,7-8,10-11H2. The van der Waals surface area contributed by atoms with E-state index in [1.54, 1.807) is 6.07 Å². The van der Waals surface area contributed by atoms with Crippen molar-refractivity contribution in [3.05, 3.63) is 64.4 Å². The van der Waals surface area contributed by atoms with Crippen molar-refractivity contribution in [1.82, 2.24) is 5.32 Å². The summed E-state index contributed by atoms with van der Waals surface area (Å²) in [5.74, 6) is 0.366. The second kappa shape index (κ2) is 7.98. The van der Waals surface area contributed by atoms with Gasteiger partial charge in [-0.3, -0.25) is 0 Å². The van der Waals surface area contributed by atoms with Crippen LogP contribution in [0.3, 0.4) is 0 Å². The minimum atomic E-state index is -0.358. The molecule has 5 heteroatoms. The molecule has 0 radical (unpaired) electrons. The van der Waals surface area contributed by atoms with E-state index in [-0.39, 0.29) is 12.4 Å². The summed E-state index contributed by atoms with van der Waals surface area (Å²) in [5.41, 5.74) is 1.85. The van der Waals surface area contributed by atoms with E-state index in [9.17, 15) is 4.39 Å². The number of ether oxygens (including phenoxy) is 1. The normalized spacial score (nSPS) is 10.6. The van der Waals surface area contributed by atoms with Crippen molar-refractivity contribution in [3.8, 4) is 5.75 Å². The Labute approximate surface area is 128 Å².